The number of thioether (sulfide) groups is 1. The lowest BCUT2D eigenvalue weighted by Gasteiger charge is -2.28. The summed E-state index contributed by atoms with van der Waals surface area (Å²) in [6, 6.07) is 0.394. The molecule has 22 heavy (non-hydrogen) atoms. The van der Waals surface area contributed by atoms with Crippen LogP contribution in [0, 0.1) is 0 Å². The van der Waals surface area contributed by atoms with E-state index >= 15 is 0 Å². The minimum Gasteiger partial charge on any atom is -0.378 e. The number of amides is 2. The van der Waals surface area contributed by atoms with Crippen LogP contribution in [-0.4, -0.2) is 72.5 Å². The molecule has 2 aliphatic rings. The van der Waals surface area contributed by atoms with Crippen LogP contribution in [-0.2, 0) is 14.3 Å². The van der Waals surface area contributed by atoms with Gasteiger partial charge >= 0.3 is 0 Å². The van der Waals surface area contributed by atoms with E-state index in [-0.39, 0.29) is 11.8 Å². The molecule has 0 spiro atoms. The minimum absolute atomic E-state index is 0.123. The highest BCUT2D eigenvalue weighted by Crippen LogP contribution is 2.21. The van der Waals surface area contributed by atoms with Gasteiger partial charge in [-0.25, -0.2) is 0 Å². The zero-order valence-corrected chi connectivity index (χ0v) is 14.4. The molecule has 0 N–H and O–H groups in total. The number of carbonyl (C=O) groups is 2. The van der Waals surface area contributed by atoms with E-state index in [1.54, 1.807) is 0 Å². The molecule has 0 aromatic rings. The van der Waals surface area contributed by atoms with Crippen molar-refractivity contribution in [3.8, 4) is 0 Å². The zero-order valence-electron chi connectivity index (χ0n) is 13.6. The maximum absolute atomic E-state index is 12.3. The van der Waals surface area contributed by atoms with E-state index < -0.39 is 0 Å². The maximum atomic E-state index is 12.3. The van der Waals surface area contributed by atoms with Crippen LogP contribution in [0.2, 0.25) is 0 Å². The molecule has 0 bridgehead atoms. The van der Waals surface area contributed by atoms with Crippen LogP contribution in [0.25, 0.3) is 0 Å². The molecule has 126 valence electrons. The van der Waals surface area contributed by atoms with Crippen molar-refractivity contribution in [2.75, 3.05) is 44.9 Å². The summed E-state index contributed by atoms with van der Waals surface area (Å²) in [5.74, 6) is 1.08. The lowest BCUT2D eigenvalue weighted by atomic mass is 10.1. The third-order valence-electron chi connectivity index (χ3n) is 4.58. The van der Waals surface area contributed by atoms with Crippen molar-refractivity contribution >= 4 is 23.6 Å². The average molecular weight is 328 g/mol. The van der Waals surface area contributed by atoms with Gasteiger partial charge in [0.25, 0.3) is 0 Å². The first kappa shape index (κ1) is 17.6. The Kier molecular flexibility index (Phi) is 7.52. The molecule has 1 heterocycles. The first-order valence-corrected chi connectivity index (χ1v) is 9.53. The Labute approximate surface area is 137 Å². The third-order valence-corrected chi connectivity index (χ3v) is 5.48. The van der Waals surface area contributed by atoms with E-state index in [0.29, 0.717) is 43.9 Å². The van der Waals surface area contributed by atoms with Crippen molar-refractivity contribution in [3.05, 3.63) is 0 Å². The average Bonchev–Trinajstić information content (AvgIpc) is 2.84. The molecule has 1 saturated carbocycles. The molecule has 0 aromatic carbocycles. The molecule has 2 fully saturated rings. The monoisotopic (exact) mass is 328 g/mol. The van der Waals surface area contributed by atoms with E-state index in [1.807, 2.05) is 16.8 Å². The molecule has 1 aliphatic carbocycles. The van der Waals surface area contributed by atoms with Gasteiger partial charge in [0.15, 0.2) is 0 Å². The van der Waals surface area contributed by atoms with Gasteiger partial charge in [-0.05, 0) is 12.8 Å². The van der Waals surface area contributed by atoms with Crippen LogP contribution in [0.4, 0.5) is 0 Å². The second-order valence-electron chi connectivity index (χ2n) is 6.14. The van der Waals surface area contributed by atoms with Crippen molar-refractivity contribution < 1.29 is 14.3 Å². The molecule has 0 aromatic heterocycles. The van der Waals surface area contributed by atoms with Gasteiger partial charge in [-0.1, -0.05) is 25.7 Å². The number of nitrogens with zero attached hydrogens (tertiary/aromatic N) is 2. The van der Waals surface area contributed by atoms with E-state index in [4.69, 9.17) is 4.74 Å². The molecular formula is C16H28N2O3S. The Bertz CT molecular complexity index is 364. The van der Waals surface area contributed by atoms with Crippen molar-refractivity contribution in [1.82, 2.24) is 9.80 Å². The van der Waals surface area contributed by atoms with E-state index in [1.165, 1.54) is 37.4 Å². The fourth-order valence-electron chi connectivity index (χ4n) is 3.08. The van der Waals surface area contributed by atoms with Crippen LogP contribution in [0.1, 0.15) is 38.5 Å². The Hall–Kier alpha value is -0.750. The summed E-state index contributed by atoms with van der Waals surface area (Å²) in [5.41, 5.74) is 0. The second-order valence-corrected chi connectivity index (χ2v) is 7.12. The van der Waals surface area contributed by atoms with Gasteiger partial charge in [0.05, 0.1) is 24.7 Å². The Morgan fingerprint density at radius 1 is 1.09 bits per heavy atom. The summed E-state index contributed by atoms with van der Waals surface area (Å²) in [6.07, 6.45) is 7.29. The van der Waals surface area contributed by atoms with Gasteiger partial charge in [-0.2, -0.15) is 0 Å². The molecule has 2 rings (SSSR count). The molecular weight excluding hydrogens is 300 g/mol. The predicted octanol–water partition coefficient (Wildman–Crippen LogP) is 1.76. The number of hydrogen-bond acceptors (Lipinski definition) is 4. The number of morpholine rings is 1. The van der Waals surface area contributed by atoms with Crippen LogP contribution in [0.3, 0.4) is 0 Å². The second kappa shape index (κ2) is 9.40. The first-order chi connectivity index (χ1) is 10.7. The SMILES string of the molecule is CN(C(=O)CSCC(=O)N1CCOCC1)C1CCCCCC1. The van der Waals surface area contributed by atoms with Gasteiger partial charge in [0.2, 0.25) is 11.8 Å². The molecule has 0 atom stereocenters. The minimum atomic E-state index is 0.123. The smallest absolute Gasteiger partial charge is 0.232 e. The summed E-state index contributed by atoms with van der Waals surface area (Å²) < 4.78 is 5.24. The van der Waals surface area contributed by atoms with Crippen LogP contribution in [0.5, 0.6) is 0 Å². The topological polar surface area (TPSA) is 49.9 Å². The highest BCUT2D eigenvalue weighted by atomic mass is 32.2. The fraction of sp³-hybridized carbons (Fsp3) is 0.875. The molecule has 2 amide bonds. The molecule has 1 aliphatic heterocycles. The van der Waals surface area contributed by atoms with Gasteiger partial charge < -0.3 is 14.5 Å². The summed E-state index contributed by atoms with van der Waals surface area (Å²) in [6.45, 7) is 2.60. The quantitative estimate of drug-likeness (QED) is 0.722. The molecule has 0 unspecified atom stereocenters. The first-order valence-electron chi connectivity index (χ1n) is 8.37. The van der Waals surface area contributed by atoms with Crippen molar-refractivity contribution in [1.29, 1.82) is 0 Å². The van der Waals surface area contributed by atoms with E-state index in [2.05, 4.69) is 0 Å². The Balaban J connectivity index is 1.66. The lowest BCUT2D eigenvalue weighted by Crippen LogP contribution is -2.42. The number of hydrogen-bond donors (Lipinski definition) is 0. The van der Waals surface area contributed by atoms with Gasteiger partial charge in [0.1, 0.15) is 0 Å². The van der Waals surface area contributed by atoms with Crippen LogP contribution in [0.15, 0.2) is 0 Å². The zero-order chi connectivity index (χ0) is 15.8. The Morgan fingerprint density at radius 2 is 1.73 bits per heavy atom. The molecule has 0 radical (unpaired) electrons. The van der Waals surface area contributed by atoms with Crippen molar-refractivity contribution in [3.63, 3.8) is 0 Å². The predicted molar refractivity (Wildman–Crippen MR) is 89.0 cm³/mol. The van der Waals surface area contributed by atoms with Gasteiger partial charge in [-0.15, -0.1) is 11.8 Å². The largest absolute Gasteiger partial charge is 0.378 e. The summed E-state index contributed by atoms with van der Waals surface area (Å²) in [7, 11) is 1.92. The maximum Gasteiger partial charge on any atom is 0.232 e. The summed E-state index contributed by atoms with van der Waals surface area (Å²) in [5, 5.41) is 0. The van der Waals surface area contributed by atoms with Gasteiger partial charge in [-0.3, -0.25) is 9.59 Å². The fourth-order valence-corrected chi connectivity index (χ4v) is 3.92. The Morgan fingerprint density at radius 3 is 2.36 bits per heavy atom. The summed E-state index contributed by atoms with van der Waals surface area (Å²) in [4.78, 5) is 28.0. The summed E-state index contributed by atoms with van der Waals surface area (Å²) >= 11 is 1.44. The van der Waals surface area contributed by atoms with Crippen LogP contribution < -0.4 is 0 Å². The van der Waals surface area contributed by atoms with Gasteiger partial charge in [0, 0.05) is 26.2 Å². The van der Waals surface area contributed by atoms with Crippen LogP contribution >= 0.6 is 11.8 Å². The highest BCUT2D eigenvalue weighted by Gasteiger charge is 2.22. The number of carbonyl (C=O) groups excluding carboxylic acids is 2. The number of rotatable bonds is 5. The molecule has 6 heteroatoms. The normalized spacial score (nSPS) is 20.5. The molecule has 5 nitrogen and oxygen atoms in total. The van der Waals surface area contributed by atoms with Crippen molar-refractivity contribution in [2.24, 2.45) is 0 Å². The molecule has 1 saturated heterocycles. The number of ether oxygens (including phenoxy) is 1. The lowest BCUT2D eigenvalue weighted by molar-refractivity contribution is -0.132. The third kappa shape index (κ3) is 5.47. The standard InChI is InChI=1S/C16H28N2O3S/c1-17(14-6-4-2-3-5-7-14)15(19)12-22-13-16(20)18-8-10-21-11-9-18/h14H,2-13H2,1H3. The van der Waals surface area contributed by atoms with Crippen molar-refractivity contribution in [2.45, 2.75) is 44.6 Å². The van der Waals surface area contributed by atoms with E-state index in [0.717, 1.165) is 12.8 Å². The van der Waals surface area contributed by atoms with E-state index in [9.17, 15) is 9.59 Å². The highest BCUT2D eigenvalue weighted by molar-refractivity contribution is 8.00.